The van der Waals surface area contributed by atoms with E-state index in [1.54, 1.807) is 13.8 Å². The molecule has 0 saturated carbocycles. The summed E-state index contributed by atoms with van der Waals surface area (Å²) in [6, 6.07) is 11.7. The molecule has 0 aliphatic carbocycles. The number of amides is 4. The predicted molar refractivity (Wildman–Crippen MR) is 252 cm³/mol. The maximum atomic E-state index is 13.6. The summed E-state index contributed by atoms with van der Waals surface area (Å²) in [7, 11) is 0. The largest absolute Gasteiger partial charge is 0.416 e. The number of alkyl halides is 6. The number of anilines is 4. The lowest BCUT2D eigenvalue weighted by molar-refractivity contribution is -0.138. The molecule has 0 aliphatic rings. The van der Waals surface area contributed by atoms with Gasteiger partial charge in [0.25, 0.3) is 23.6 Å². The van der Waals surface area contributed by atoms with Crippen molar-refractivity contribution in [3.05, 3.63) is 138 Å². The highest BCUT2D eigenvalue weighted by Gasteiger charge is 2.33. The molecular weight excluding hydrogens is 1020 g/mol. The Bertz CT molecular complexity index is 2940. The van der Waals surface area contributed by atoms with E-state index in [0.717, 1.165) is 50.2 Å². The van der Waals surface area contributed by atoms with Gasteiger partial charge in [-0.05, 0) is 123 Å². The van der Waals surface area contributed by atoms with Gasteiger partial charge in [0.05, 0.1) is 65.1 Å². The molecule has 5 rings (SSSR count). The van der Waals surface area contributed by atoms with Crippen molar-refractivity contribution < 1.29 is 55.1 Å². The Kier molecular flexibility index (Phi) is 17.6. The molecule has 366 valence electrons. The lowest BCUT2D eigenvalue weighted by atomic mass is 10.0. The maximum Gasteiger partial charge on any atom is 0.416 e. The number of ketones is 2. The Labute approximate surface area is 414 Å². The van der Waals surface area contributed by atoms with Gasteiger partial charge < -0.3 is 21.3 Å². The molecule has 14 nitrogen and oxygen atoms in total. The minimum Gasteiger partial charge on any atom is -0.324 e. The number of azo groups is 2. The Morgan fingerprint density at radius 2 is 0.886 bits per heavy atom. The van der Waals surface area contributed by atoms with Crippen LogP contribution in [0.2, 0.25) is 20.1 Å². The van der Waals surface area contributed by atoms with Gasteiger partial charge >= 0.3 is 12.4 Å². The number of nitrogens with zero attached hydrogens (tertiary/aromatic N) is 4. The van der Waals surface area contributed by atoms with E-state index in [2.05, 4.69) is 41.7 Å². The second-order valence-corrected chi connectivity index (χ2v) is 16.6. The van der Waals surface area contributed by atoms with Crippen molar-refractivity contribution in [2.45, 2.75) is 65.0 Å². The minimum atomic E-state index is -4.72. The number of hydrogen-bond donors (Lipinski definition) is 4. The summed E-state index contributed by atoms with van der Waals surface area (Å²) in [5.74, 6) is -5.17. The van der Waals surface area contributed by atoms with Crippen molar-refractivity contribution in [2.24, 2.45) is 20.5 Å². The first-order valence-corrected chi connectivity index (χ1v) is 21.9. The van der Waals surface area contributed by atoms with Crippen LogP contribution in [0, 0.1) is 0 Å². The van der Waals surface area contributed by atoms with Gasteiger partial charge in [-0.2, -0.15) is 46.8 Å². The molecule has 4 amide bonds. The van der Waals surface area contributed by atoms with Gasteiger partial charge in [-0.3, -0.25) is 28.8 Å². The van der Waals surface area contributed by atoms with E-state index in [4.69, 9.17) is 46.4 Å². The number of Topliss-reactive ketones (excluding diaryl/α,β-unsaturated/α-hetero) is 2. The molecule has 0 aromatic heterocycles. The molecule has 0 saturated heterocycles. The predicted octanol–water partition coefficient (Wildman–Crippen LogP) is 13.3. The van der Waals surface area contributed by atoms with E-state index in [-0.39, 0.29) is 78.2 Å². The number of rotatable bonds is 16. The van der Waals surface area contributed by atoms with Gasteiger partial charge in [0.15, 0.2) is 11.6 Å². The van der Waals surface area contributed by atoms with Crippen LogP contribution in [-0.2, 0) is 44.4 Å². The quantitative estimate of drug-likeness (QED) is 0.0430. The Morgan fingerprint density at radius 3 is 1.24 bits per heavy atom. The van der Waals surface area contributed by atoms with Crippen molar-refractivity contribution in [3.63, 3.8) is 0 Å². The highest BCUT2D eigenvalue weighted by Crippen LogP contribution is 2.37. The first kappa shape index (κ1) is 54.2. The summed E-state index contributed by atoms with van der Waals surface area (Å²) < 4.78 is 79.7. The van der Waals surface area contributed by atoms with Crippen LogP contribution >= 0.6 is 46.4 Å². The molecule has 24 heteroatoms. The van der Waals surface area contributed by atoms with Crippen molar-refractivity contribution in [1.29, 1.82) is 0 Å². The number of hydrogen-bond acceptors (Lipinski definition) is 10. The molecule has 0 radical (unpaired) electrons. The molecular formula is C46H36Cl4F6N8O6. The molecule has 2 atom stereocenters. The Balaban J connectivity index is 1.31. The first-order valence-electron chi connectivity index (χ1n) is 20.4. The number of carbonyl (C=O) groups excluding carboxylic acids is 6. The summed E-state index contributed by atoms with van der Waals surface area (Å²) in [5.41, 5.74) is -1.98. The minimum absolute atomic E-state index is 0.0562. The molecule has 5 aromatic rings. The Hall–Kier alpha value is -6.74. The van der Waals surface area contributed by atoms with Gasteiger partial charge in [-0.25, -0.2) is 0 Å². The highest BCUT2D eigenvalue weighted by atomic mass is 35.5. The number of carbonyl (C=O) groups is 6. The highest BCUT2D eigenvalue weighted by molar-refractivity contribution is 6.37. The van der Waals surface area contributed by atoms with Gasteiger partial charge in [0.2, 0.25) is 12.1 Å². The number of aryl methyl sites for hydroxylation is 2. The monoisotopic (exact) mass is 1050 g/mol. The number of halogens is 10. The van der Waals surface area contributed by atoms with Crippen molar-refractivity contribution in [1.82, 2.24) is 0 Å². The van der Waals surface area contributed by atoms with Crippen molar-refractivity contribution in [2.75, 3.05) is 21.3 Å². The van der Waals surface area contributed by atoms with Crippen LogP contribution in [0.15, 0.2) is 105 Å². The third-order valence-corrected chi connectivity index (χ3v) is 11.2. The van der Waals surface area contributed by atoms with Gasteiger partial charge in [-0.15, -0.1) is 0 Å². The van der Waals surface area contributed by atoms with E-state index in [1.807, 2.05) is 0 Å². The molecule has 0 spiro atoms. The molecule has 70 heavy (non-hydrogen) atoms. The molecule has 2 unspecified atom stereocenters. The van der Waals surface area contributed by atoms with Crippen LogP contribution < -0.4 is 21.3 Å². The van der Waals surface area contributed by atoms with Gasteiger partial charge in [0.1, 0.15) is 0 Å². The van der Waals surface area contributed by atoms with E-state index in [0.29, 0.717) is 23.3 Å². The standard InChI is InChI=1S/C46H36Cl4F6N8O6/c1-5-23-15-29(57-43(69)38(21(3)65)63-61-27-9-13-32(47)30(19-27)41(67)58-36-17-25(45(51,52)53)7-11-34(36)49)16-24(6-2)40(23)60-44(70)39(22(4)66)64-62-28-10-14-33(48)31(20-28)42(68)59-37-18-26(46(54,55)56)8-12-35(37)50/h7-20,38-39H,5-6H2,1-4H3,(H,57,69)(H,58,67)(H,59,68)(H,60,70). The number of nitrogens with one attached hydrogen (secondary N) is 4. The summed E-state index contributed by atoms with van der Waals surface area (Å²) in [6.07, 6.45) is -8.88. The lowest BCUT2D eigenvalue weighted by Crippen LogP contribution is -2.33. The van der Waals surface area contributed by atoms with Crippen molar-refractivity contribution in [3.8, 4) is 0 Å². The normalized spacial score (nSPS) is 12.7. The van der Waals surface area contributed by atoms with E-state index in [9.17, 15) is 55.1 Å². The van der Waals surface area contributed by atoms with Crippen LogP contribution in [0.4, 0.5) is 60.5 Å². The molecule has 0 heterocycles. The third-order valence-electron chi connectivity index (χ3n) is 9.90. The van der Waals surface area contributed by atoms with Crippen LogP contribution in [0.5, 0.6) is 0 Å². The molecule has 0 aliphatic heterocycles. The molecule has 0 bridgehead atoms. The van der Waals surface area contributed by atoms with Crippen LogP contribution in [0.1, 0.15) is 70.7 Å². The SMILES string of the molecule is CCc1cc(NC(=O)C(N=Nc2ccc(Cl)c(C(=O)Nc3cc(C(F)(F)F)ccc3Cl)c2)C(C)=O)cc(CC)c1NC(=O)C(N=Nc1ccc(Cl)c(C(=O)Nc2cc(C(F)(F)F)ccc2Cl)c1)C(C)=O. The second kappa shape index (κ2) is 22.8. The smallest absolute Gasteiger partial charge is 0.324 e. The van der Waals surface area contributed by atoms with Crippen LogP contribution in [-0.4, -0.2) is 47.3 Å². The topological polar surface area (TPSA) is 200 Å². The summed E-state index contributed by atoms with van der Waals surface area (Å²) in [6.45, 7) is 5.67. The Morgan fingerprint density at radius 1 is 0.514 bits per heavy atom. The second-order valence-electron chi connectivity index (χ2n) is 14.9. The fourth-order valence-electron chi connectivity index (χ4n) is 6.32. The van der Waals surface area contributed by atoms with Gasteiger partial charge in [0, 0.05) is 11.4 Å². The lowest BCUT2D eigenvalue weighted by Gasteiger charge is -2.19. The van der Waals surface area contributed by atoms with E-state index in [1.165, 1.54) is 36.4 Å². The van der Waals surface area contributed by atoms with E-state index >= 15 is 0 Å². The van der Waals surface area contributed by atoms with Crippen molar-refractivity contribution >= 4 is 116 Å². The van der Waals surface area contributed by atoms with Crippen LogP contribution in [0.25, 0.3) is 0 Å². The fourth-order valence-corrected chi connectivity index (χ4v) is 7.06. The summed E-state index contributed by atoms with van der Waals surface area (Å²) >= 11 is 24.5. The molecule has 4 N–H and O–H groups in total. The summed E-state index contributed by atoms with van der Waals surface area (Å²) in [5, 5.41) is 25.0. The molecule has 5 aromatic carbocycles. The zero-order chi connectivity index (χ0) is 51.8. The van der Waals surface area contributed by atoms with E-state index < -0.39 is 70.8 Å². The molecule has 0 fully saturated rings. The third kappa shape index (κ3) is 13.7. The zero-order valence-corrected chi connectivity index (χ0v) is 39.7. The first-order chi connectivity index (χ1) is 32.8. The van der Waals surface area contributed by atoms with Crippen LogP contribution in [0.3, 0.4) is 0 Å². The average molecular weight is 1050 g/mol. The summed E-state index contributed by atoms with van der Waals surface area (Å²) in [4.78, 5) is 78.8. The zero-order valence-electron chi connectivity index (χ0n) is 36.7. The van der Waals surface area contributed by atoms with Gasteiger partial charge in [-0.1, -0.05) is 60.3 Å². The maximum absolute atomic E-state index is 13.6. The number of benzene rings is 5. The fraction of sp³-hybridized carbons (Fsp3) is 0.217. The average Bonchev–Trinajstić information content (AvgIpc) is 3.28.